The maximum absolute atomic E-state index is 14.1. The van der Waals surface area contributed by atoms with Crippen molar-refractivity contribution in [2.24, 2.45) is 10.8 Å². The van der Waals surface area contributed by atoms with E-state index < -0.39 is 58.0 Å². The van der Waals surface area contributed by atoms with Crippen molar-refractivity contribution in [1.29, 1.82) is 0 Å². The molecule has 4 heterocycles. The van der Waals surface area contributed by atoms with Gasteiger partial charge in [-0.05, 0) is 54.6 Å². The fourth-order valence-electron chi connectivity index (χ4n) is 7.32. The number of benzene rings is 1. The quantitative estimate of drug-likeness (QED) is 0.166. The molecule has 2 aliphatic rings. The van der Waals surface area contributed by atoms with Crippen molar-refractivity contribution in [1.82, 2.24) is 19.5 Å². The normalized spacial score (nSPS) is 24.7. The Hall–Kier alpha value is -3.28. The van der Waals surface area contributed by atoms with Crippen molar-refractivity contribution in [3.8, 4) is 0 Å². The van der Waals surface area contributed by atoms with Crippen LogP contribution in [-0.2, 0) is 37.8 Å². The summed E-state index contributed by atoms with van der Waals surface area (Å²) in [4.78, 5) is 41.1. The number of carbonyl (C=O) groups is 2. The van der Waals surface area contributed by atoms with E-state index >= 15 is 0 Å². The zero-order valence-electron chi connectivity index (χ0n) is 34.6. The summed E-state index contributed by atoms with van der Waals surface area (Å²) in [6.45, 7) is 28.5. The van der Waals surface area contributed by atoms with Gasteiger partial charge in [0.15, 0.2) is 23.1 Å². The zero-order valence-corrected chi connectivity index (χ0v) is 36.6. The molecule has 0 spiro atoms. The number of hydrogen-bond acceptors (Lipinski definition) is 10. The lowest BCUT2D eigenvalue weighted by atomic mass is 9.95. The molecule has 2 fully saturated rings. The Balaban J connectivity index is 1.81. The SMILES string of the molecule is CC(C)[Si]1(C(C)C)OC[C@H]2O[C@@](/C=C\c3ccccc3)(n3cnc4c(NC(=O)C(C)(C)C)ncnc43)[C@@H](OC(=O)C(C)(C)C)[C@@H]2O[Si](C(C)C)(C(C)C)O1. The Morgan fingerprint density at radius 3 is 2.06 bits per heavy atom. The number of esters is 1. The van der Waals surface area contributed by atoms with Crippen LogP contribution in [0.15, 0.2) is 49.1 Å². The Morgan fingerprint density at radius 2 is 1.50 bits per heavy atom. The number of hydrogen-bond donors (Lipinski definition) is 1. The van der Waals surface area contributed by atoms with Gasteiger partial charge in [0.1, 0.15) is 18.5 Å². The number of anilines is 1. The first-order valence-corrected chi connectivity index (χ1v) is 23.2. The lowest BCUT2D eigenvalue weighted by molar-refractivity contribution is -0.176. The first-order chi connectivity index (χ1) is 25.1. The first-order valence-electron chi connectivity index (χ1n) is 19.2. The molecule has 1 amide bonds. The van der Waals surface area contributed by atoms with Crippen molar-refractivity contribution in [2.75, 3.05) is 11.9 Å². The van der Waals surface area contributed by atoms with Gasteiger partial charge >= 0.3 is 23.1 Å². The highest BCUT2D eigenvalue weighted by atomic mass is 28.5. The lowest BCUT2D eigenvalue weighted by Crippen LogP contribution is -2.66. The number of imidazole rings is 1. The Kier molecular flexibility index (Phi) is 11.9. The molecule has 0 radical (unpaired) electrons. The van der Waals surface area contributed by atoms with Crippen molar-refractivity contribution in [3.05, 3.63) is 54.6 Å². The second kappa shape index (κ2) is 15.3. The molecule has 54 heavy (non-hydrogen) atoms. The van der Waals surface area contributed by atoms with Gasteiger partial charge in [-0.1, -0.05) is 113 Å². The molecule has 0 saturated carbocycles. The van der Waals surface area contributed by atoms with Gasteiger partial charge in [0.2, 0.25) is 11.6 Å². The summed E-state index contributed by atoms with van der Waals surface area (Å²) in [5, 5.41) is 2.93. The summed E-state index contributed by atoms with van der Waals surface area (Å²) in [7, 11) is -6.14. The van der Waals surface area contributed by atoms with Gasteiger partial charge in [0.05, 0.1) is 18.3 Å². The summed E-state index contributed by atoms with van der Waals surface area (Å²) in [6, 6.07) is 9.84. The first kappa shape index (κ1) is 41.9. The molecule has 12 nitrogen and oxygen atoms in total. The van der Waals surface area contributed by atoms with E-state index in [1.807, 2.05) is 84.0 Å². The number of nitrogens with one attached hydrogen (secondary N) is 1. The van der Waals surface area contributed by atoms with Crippen LogP contribution < -0.4 is 5.32 Å². The van der Waals surface area contributed by atoms with E-state index in [0.29, 0.717) is 11.2 Å². The zero-order chi connectivity index (χ0) is 40.0. The molecular formula is C40H61N5O7Si2. The molecule has 2 saturated heterocycles. The lowest BCUT2D eigenvalue weighted by Gasteiger charge is -2.51. The number of ether oxygens (including phenoxy) is 2. The molecule has 4 atom stereocenters. The molecule has 296 valence electrons. The number of nitrogens with zero attached hydrogens (tertiary/aromatic N) is 4. The largest absolute Gasteiger partial charge is 0.454 e. The minimum Gasteiger partial charge on any atom is -0.454 e. The van der Waals surface area contributed by atoms with E-state index in [9.17, 15) is 9.59 Å². The Morgan fingerprint density at radius 1 is 0.889 bits per heavy atom. The van der Waals surface area contributed by atoms with Crippen molar-refractivity contribution < 1.29 is 32.0 Å². The highest BCUT2D eigenvalue weighted by Gasteiger charge is 2.66. The Bertz CT molecular complexity index is 1820. The van der Waals surface area contributed by atoms with Crippen LogP contribution in [0, 0.1) is 10.8 Å². The molecule has 0 unspecified atom stereocenters. The molecule has 0 aliphatic carbocycles. The van der Waals surface area contributed by atoms with Crippen molar-refractivity contribution in [3.63, 3.8) is 0 Å². The summed E-state index contributed by atoms with van der Waals surface area (Å²) < 4.78 is 38.0. The van der Waals surface area contributed by atoms with Crippen LogP contribution in [0.2, 0.25) is 22.2 Å². The monoisotopic (exact) mass is 779 g/mol. The molecule has 2 aromatic heterocycles. The molecule has 0 bridgehead atoms. The highest BCUT2D eigenvalue weighted by Crippen LogP contribution is 2.51. The van der Waals surface area contributed by atoms with Crippen molar-refractivity contribution in [2.45, 2.75) is 143 Å². The van der Waals surface area contributed by atoms with Gasteiger partial charge in [0, 0.05) is 5.41 Å². The topological polar surface area (TPSA) is 136 Å². The van der Waals surface area contributed by atoms with Crippen LogP contribution in [0.1, 0.15) is 102 Å². The van der Waals surface area contributed by atoms with E-state index in [2.05, 4.69) is 70.7 Å². The molecule has 1 aromatic carbocycles. The van der Waals surface area contributed by atoms with Gasteiger partial charge in [-0.25, -0.2) is 15.0 Å². The van der Waals surface area contributed by atoms with Gasteiger partial charge in [-0.3, -0.25) is 14.2 Å². The fraction of sp³-hybridized carbons (Fsp3) is 0.625. The second-order valence-electron chi connectivity index (χ2n) is 18.0. The van der Waals surface area contributed by atoms with Crippen molar-refractivity contribution >= 4 is 52.1 Å². The third kappa shape index (κ3) is 7.74. The third-order valence-corrected chi connectivity index (χ3v) is 20.8. The van der Waals surface area contributed by atoms with Crippen LogP contribution in [-0.4, -0.2) is 73.4 Å². The number of rotatable bonds is 9. The van der Waals surface area contributed by atoms with Gasteiger partial charge < -0.3 is 27.8 Å². The Labute approximate surface area is 323 Å². The number of carbonyl (C=O) groups excluding carboxylic acids is 2. The predicted molar refractivity (Wildman–Crippen MR) is 215 cm³/mol. The molecular weight excluding hydrogens is 719 g/mol. The average Bonchev–Trinajstić information content (AvgIpc) is 3.63. The van der Waals surface area contributed by atoms with Crippen LogP contribution in [0.4, 0.5) is 5.82 Å². The molecule has 14 heteroatoms. The molecule has 5 rings (SSSR count). The van der Waals surface area contributed by atoms with Crippen LogP contribution in [0.25, 0.3) is 17.2 Å². The highest BCUT2D eigenvalue weighted by molar-refractivity contribution is 6.84. The summed E-state index contributed by atoms with van der Waals surface area (Å²) in [6.07, 6.45) is 4.32. The molecule has 3 aromatic rings. The molecule has 2 aliphatic heterocycles. The summed E-state index contributed by atoms with van der Waals surface area (Å²) >= 11 is 0. The maximum atomic E-state index is 14.1. The van der Waals surface area contributed by atoms with Crippen LogP contribution in [0.3, 0.4) is 0 Å². The number of aromatic nitrogens is 4. The van der Waals surface area contributed by atoms with Gasteiger partial charge in [0.25, 0.3) is 0 Å². The van der Waals surface area contributed by atoms with Gasteiger partial charge in [-0.2, -0.15) is 0 Å². The number of fused-ring (bicyclic) bond motifs is 2. The maximum Gasteiger partial charge on any atom is 0.335 e. The van der Waals surface area contributed by atoms with E-state index in [1.54, 1.807) is 10.9 Å². The standard InChI is InChI=1S/C40H61N5O7Si2/c1-25(2)53(26(3)4)48-22-30-32(51-54(52-53,27(5)6)28(7)8)33(49-37(47)39(12,13)14)40(50-30,21-20-29-18-16-15-17-19-29)45-24-43-31-34(41-23-42-35(31)45)44-36(46)38(9,10)11/h15-21,23-28,30,32-33H,22H2,1-14H3,(H,41,42,44,46)/b21-20-/t30-,32-,33+,40-/m1/s1. The van der Waals surface area contributed by atoms with E-state index in [4.69, 9.17) is 27.4 Å². The average molecular weight is 780 g/mol. The van der Waals surface area contributed by atoms with E-state index in [-0.39, 0.29) is 40.5 Å². The smallest absolute Gasteiger partial charge is 0.335 e. The third-order valence-electron chi connectivity index (χ3n) is 10.5. The number of amides is 1. The van der Waals surface area contributed by atoms with Crippen LogP contribution in [0.5, 0.6) is 0 Å². The fourth-order valence-corrected chi connectivity index (χ4v) is 18.5. The van der Waals surface area contributed by atoms with E-state index in [0.717, 1.165) is 5.56 Å². The summed E-state index contributed by atoms with van der Waals surface area (Å²) in [5.74, 6) is -0.384. The second-order valence-corrected chi connectivity index (χ2v) is 26.8. The minimum absolute atomic E-state index is 0.0221. The van der Waals surface area contributed by atoms with Gasteiger partial charge in [-0.15, -0.1) is 0 Å². The summed E-state index contributed by atoms with van der Waals surface area (Å²) in [5.41, 5.74) is -1.15. The molecule has 1 N–H and O–H groups in total. The predicted octanol–water partition coefficient (Wildman–Crippen LogP) is 8.49. The van der Waals surface area contributed by atoms with E-state index in [1.165, 1.54) is 6.33 Å². The van der Waals surface area contributed by atoms with Crippen LogP contribution >= 0.6 is 0 Å². The minimum atomic E-state index is -3.20.